The van der Waals surface area contributed by atoms with E-state index in [-0.39, 0.29) is 0 Å². The molecule has 0 fully saturated rings. The zero-order chi connectivity index (χ0) is 13.5. The molecule has 2 aromatic carbocycles. The van der Waals surface area contributed by atoms with Gasteiger partial charge < -0.3 is 0 Å². The van der Waals surface area contributed by atoms with Gasteiger partial charge in [-0.05, 0) is 55.1 Å². The minimum absolute atomic E-state index is 0.835. The highest BCUT2D eigenvalue weighted by Gasteiger charge is 1.92. The first-order valence-electron chi connectivity index (χ1n) is 6.15. The molecule has 0 spiro atoms. The summed E-state index contributed by atoms with van der Waals surface area (Å²) in [5, 5.41) is 3.15. The fourth-order valence-corrected chi connectivity index (χ4v) is 2.75. The number of hydrogen-bond acceptors (Lipinski definition) is 2. The summed E-state index contributed by atoms with van der Waals surface area (Å²) in [4.78, 5) is 2.48. The van der Waals surface area contributed by atoms with Gasteiger partial charge in [0, 0.05) is 9.79 Å². The summed E-state index contributed by atoms with van der Waals surface area (Å²) in [6.07, 6.45) is 0. The molecular formula is C17H16S2. The summed E-state index contributed by atoms with van der Waals surface area (Å²) in [7, 11) is 0. The van der Waals surface area contributed by atoms with Crippen molar-refractivity contribution in [2.75, 3.05) is 5.75 Å². The summed E-state index contributed by atoms with van der Waals surface area (Å²) < 4.78 is 0. The van der Waals surface area contributed by atoms with Crippen molar-refractivity contribution < 1.29 is 0 Å². The largest absolute Gasteiger partial charge is 0.113 e. The maximum atomic E-state index is 3.19. The van der Waals surface area contributed by atoms with Gasteiger partial charge in [0.15, 0.2) is 0 Å². The van der Waals surface area contributed by atoms with Crippen LogP contribution in [0, 0.1) is 25.0 Å². The molecule has 0 atom stereocenters. The molecule has 19 heavy (non-hydrogen) atoms. The van der Waals surface area contributed by atoms with E-state index >= 15 is 0 Å². The highest BCUT2D eigenvalue weighted by Crippen LogP contribution is 2.19. The first kappa shape index (κ1) is 14.1. The number of thioether (sulfide) groups is 2. The highest BCUT2D eigenvalue weighted by atomic mass is 32.2. The van der Waals surface area contributed by atoms with Crippen LogP contribution in [0.2, 0.25) is 0 Å². The Balaban J connectivity index is 1.78. The number of aryl methyl sites for hydroxylation is 2. The van der Waals surface area contributed by atoms with Crippen molar-refractivity contribution in [3.63, 3.8) is 0 Å². The molecule has 96 valence electrons. The molecule has 0 nitrogen and oxygen atoms in total. The lowest BCUT2D eigenvalue weighted by Gasteiger charge is -1.97. The van der Waals surface area contributed by atoms with Crippen LogP contribution in [0.5, 0.6) is 0 Å². The second-order valence-electron chi connectivity index (χ2n) is 4.30. The average Bonchev–Trinajstić information content (AvgIpc) is 2.43. The maximum Gasteiger partial charge on any atom is 0.0603 e. The zero-order valence-electron chi connectivity index (χ0n) is 11.1. The Labute approximate surface area is 124 Å². The lowest BCUT2D eigenvalue weighted by atomic mass is 10.2. The summed E-state index contributed by atoms with van der Waals surface area (Å²) in [6.45, 7) is 4.20. The molecule has 0 N–H and O–H groups in total. The van der Waals surface area contributed by atoms with E-state index in [0.717, 1.165) is 5.75 Å². The van der Waals surface area contributed by atoms with Crippen molar-refractivity contribution in [1.82, 2.24) is 0 Å². The van der Waals surface area contributed by atoms with E-state index in [9.17, 15) is 0 Å². The maximum absolute atomic E-state index is 3.19. The fraction of sp³-hybridized carbons (Fsp3) is 0.176. The van der Waals surface area contributed by atoms with Crippen molar-refractivity contribution in [1.29, 1.82) is 0 Å². The van der Waals surface area contributed by atoms with Crippen molar-refractivity contribution in [2.24, 2.45) is 0 Å². The molecular weight excluding hydrogens is 268 g/mol. The van der Waals surface area contributed by atoms with Gasteiger partial charge in [0.2, 0.25) is 0 Å². The predicted octanol–water partition coefficient (Wildman–Crippen LogP) is 5.15. The summed E-state index contributed by atoms with van der Waals surface area (Å²) in [5.41, 5.74) is 2.58. The molecule has 0 heterocycles. The van der Waals surface area contributed by atoms with Crippen LogP contribution in [0.3, 0.4) is 0 Å². The monoisotopic (exact) mass is 284 g/mol. The lowest BCUT2D eigenvalue weighted by molar-refractivity contribution is 1.38. The number of hydrogen-bond donors (Lipinski definition) is 0. The molecule has 2 heteroatoms. The first-order chi connectivity index (χ1) is 9.24. The average molecular weight is 284 g/mol. The van der Waals surface area contributed by atoms with Crippen LogP contribution in [0.4, 0.5) is 0 Å². The van der Waals surface area contributed by atoms with Gasteiger partial charge >= 0.3 is 0 Å². The van der Waals surface area contributed by atoms with Gasteiger partial charge in [0.05, 0.1) is 5.75 Å². The molecule has 2 rings (SSSR count). The van der Waals surface area contributed by atoms with E-state index in [1.165, 1.54) is 20.9 Å². The Morgan fingerprint density at radius 3 is 1.89 bits per heavy atom. The topological polar surface area (TPSA) is 0 Å². The van der Waals surface area contributed by atoms with Crippen LogP contribution < -0.4 is 0 Å². The molecule has 0 unspecified atom stereocenters. The lowest BCUT2D eigenvalue weighted by Crippen LogP contribution is -1.75. The van der Waals surface area contributed by atoms with Crippen molar-refractivity contribution in [3.05, 3.63) is 59.7 Å². The van der Waals surface area contributed by atoms with E-state index in [2.05, 4.69) is 73.6 Å². The van der Waals surface area contributed by atoms with Crippen LogP contribution in [0.25, 0.3) is 0 Å². The second-order valence-corrected chi connectivity index (χ2v) is 6.22. The number of rotatable bonds is 3. The first-order valence-corrected chi connectivity index (χ1v) is 7.95. The molecule has 0 radical (unpaired) electrons. The van der Waals surface area contributed by atoms with Crippen LogP contribution in [-0.2, 0) is 0 Å². The Morgan fingerprint density at radius 1 is 0.789 bits per heavy atom. The van der Waals surface area contributed by atoms with Gasteiger partial charge in [-0.15, -0.1) is 11.8 Å². The third kappa shape index (κ3) is 5.06. The quantitative estimate of drug-likeness (QED) is 0.565. The number of benzene rings is 2. The van der Waals surface area contributed by atoms with Gasteiger partial charge in [-0.2, -0.15) is 0 Å². The molecule has 0 aliphatic carbocycles. The van der Waals surface area contributed by atoms with Gasteiger partial charge in [-0.1, -0.05) is 41.3 Å². The van der Waals surface area contributed by atoms with E-state index < -0.39 is 0 Å². The predicted molar refractivity (Wildman–Crippen MR) is 86.7 cm³/mol. The normalized spacial score (nSPS) is 9.79. The fourth-order valence-electron chi connectivity index (χ4n) is 1.48. The Bertz CT molecular complexity index is 571. The summed E-state index contributed by atoms with van der Waals surface area (Å²) in [5.74, 6) is 4.02. The second kappa shape index (κ2) is 7.33. The molecule has 2 aromatic rings. The van der Waals surface area contributed by atoms with Gasteiger partial charge in [-0.3, -0.25) is 0 Å². The standard InChI is InChI=1S/C17H16S2/c1-14-4-8-16(9-5-14)18-12-3-13-19-17-10-6-15(2)7-11-17/h4-11H,12H2,1-2H3. The minimum atomic E-state index is 0.835. The minimum Gasteiger partial charge on any atom is -0.113 e. The Hall–Kier alpha value is -1.30. The van der Waals surface area contributed by atoms with Crippen LogP contribution >= 0.6 is 23.5 Å². The highest BCUT2D eigenvalue weighted by molar-refractivity contribution is 8.04. The molecule has 0 saturated heterocycles. The molecule has 0 aliphatic rings. The van der Waals surface area contributed by atoms with E-state index in [0.29, 0.717) is 0 Å². The van der Waals surface area contributed by atoms with Crippen LogP contribution in [-0.4, -0.2) is 5.75 Å². The molecule has 0 amide bonds. The third-order valence-corrected chi connectivity index (χ3v) is 4.24. The van der Waals surface area contributed by atoms with Gasteiger partial charge in [0.25, 0.3) is 0 Å². The summed E-state index contributed by atoms with van der Waals surface area (Å²) in [6, 6.07) is 17.0. The smallest absolute Gasteiger partial charge is 0.0603 e. The Morgan fingerprint density at radius 2 is 1.32 bits per heavy atom. The molecule has 0 aliphatic heterocycles. The Kier molecular flexibility index (Phi) is 5.44. The van der Waals surface area contributed by atoms with E-state index in [1.54, 1.807) is 23.5 Å². The molecule has 0 bridgehead atoms. The van der Waals surface area contributed by atoms with E-state index in [1.807, 2.05) is 0 Å². The zero-order valence-corrected chi connectivity index (χ0v) is 12.8. The third-order valence-electron chi connectivity index (χ3n) is 2.59. The van der Waals surface area contributed by atoms with Crippen LogP contribution in [0.15, 0.2) is 58.3 Å². The van der Waals surface area contributed by atoms with Crippen LogP contribution in [0.1, 0.15) is 11.1 Å². The molecule has 0 saturated carbocycles. The summed E-state index contributed by atoms with van der Waals surface area (Å²) >= 11 is 3.37. The van der Waals surface area contributed by atoms with Crippen molar-refractivity contribution >= 4 is 23.5 Å². The van der Waals surface area contributed by atoms with Crippen molar-refractivity contribution in [3.8, 4) is 11.2 Å². The van der Waals surface area contributed by atoms with Gasteiger partial charge in [0.1, 0.15) is 0 Å². The van der Waals surface area contributed by atoms with Crippen molar-refractivity contribution in [2.45, 2.75) is 23.6 Å². The van der Waals surface area contributed by atoms with E-state index in [4.69, 9.17) is 0 Å². The van der Waals surface area contributed by atoms with Gasteiger partial charge in [-0.25, -0.2) is 0 Å². The SMILES string of the molecule is Cc1ccc(SC#CCSc2ccc(C)cc2)cc1. The molecule has 0 aromatic heterocycles.